The first-order chi connectivity index (χ1) is 15.5. The predicted molar refractivity (Wildman–Crippen MR) is 138 cm³/mol. The summed E-state index contributed by atoms with van der Waals surface area (Å²) in [7, 11) is -1.34. The second-order valence-electron chi connectivity index (χ2n) is 11.3. The van der Waals surface area contributed by atoms with Gasteiger partial charge in [-0.2, -0.15) is 4.39 Å². The number of aliphatic imine (C=N–C) groups is 1. The van der Waals surface area contributed by atoms with Gasteiger partial charge in [-0.05, 0) is 80.3 Å². The number of hydrogen-bond acceptors (Lipinski definition) is 6. The Morgan fingerprint density at radius 1 is 1.38 bits per heavy atom. The Labute approximate surface area is 214 Å². The van der Waals surface area contributed by atoms with Crippen molar-refractivity contribution in [2.75, 3.05) is 13.3 Å². The molecule has 34 heavy (non-hydrogen) atoms. The molecule has 2 aliphatic rings. The molecule has 0 bridgehead atoms. The minimum absolute atomic E-state index is 0.124. The van der Waals surface area contributed by atoms with E-state index in [9.17, 15) is 9.18 Å². The third-order valence-corrected chi connectivity index (χ3v) is 9.43. The number of ether oxygens (including phenoxy) is 2. The first kappa shape index (κ1) is 27.5. The number of hydrogen-bond donors (Lipinski definition) is 0. The van der Waals surface area contributed by atoms with Crippen LogP contribution < -0.4 is 0 Å². The predicted octanol–water partition coefficient (Wildman–Crippen LogP) is 6.93. The van der Waals surface area contributed by atoms with Gasteiger partial charge in [0.05, 0.1) is 5.54 Å². The summed E-state index contributed by atoms with van der Waals surface area (Å²) in [6.07, 6.45) is 1.52. The molecule has 0 N–H and O–H groups in total. The minimum Gasteiger partial charge on any atom is -0.443 e. The van der Waals surface area contributed by atoms with Crippen molar-refractivity contribution in [1.29, 1.82) is 0 Å². The van der Waals surface area contributed by atoms with Crippen LogP contribution in [0.4, 0.5) is 13.6 Å². The van der Waals surface area contributed by atoms with Crippen LogP contribution in [0.3, 0.4) is 0 Å². The maximum atomic E-state index is 16.0. The van der Waals surface area contributed by atoms with E-state index in [0.29, 0.717) is 23.9 Å². The third kappa shape index (κ3) is 6.20. The normalized spacial score (nSPS) is 26.9. The van der Waals surface area contributed by atoms with E-state index in [1.807, 2.05) is 0 Å². The molecule has 3 atom stereocenters. The first-order valence-corrected chi connectivity index (χ1v) is 16.7. The number of thioether (sulfide) groups is 1. The van der Waals surface area contributed by atoms with Gasteiger partial charge in [0.15, 0.2) is 10.2 Å². The molecule has 6 nitrogen and oxygen atoms in total. The average molecular weight is 579 g/mol. The Hall–Kier alpha value is -1.04. The Morgan fingerprint density at radius 2 is 2.06 bits per heavy atom. The van der Waals surface area contributed by atoms with Crippen LogP contribution in [-0.2, 0) is 15.0 Å². The molecule has 11 heteroatoms. The van der Waals surface area contributed by atoms with Crippen molar-refractivity contribution in [3.05, 3.63) is 28.2 Å². The lowest BCUT2D eigenvalue weighted by Crippen LogP contribution is -2.57. The number of aromatic nitrogens is 1. The molecule has 1 aromatic rings. The standard InChI is InChI=1S/C23H34BrF2N3O3SSi/c1-21(2,3)32-20(30)29(14-31-10-11-34(5,6)7)19-28-22(4,17-8-9-23(17,26)33-19)16-12-15(24)13-27-18(16)25/h12-13,17H,8-11,14H2,1-7H3/t17-,22+,23-/m0/s1. The molecule has 1 aliphatic heterocycles. The van der Waals surface area contributed by atoms with Gasteiger partial charge in [0.25, 0.3) is 0 Å². The minimum atomic E-state index is -1.68. The number of nitrogens with zero attached hydrogens (tertiary/aromatic N) is 3. The molecule has 1 aliphatic carbocycles. The Balaban J connectivity index is 1.99. The van der Waals surface area contributed by atoms with Crippen molar-refractivity contribution in [3.8, 4) is 0 Å². The number of amides is 1. The molecule has 2 heterocycles. The Bertz CT molecular complexity index is 972. The smallest absolute Gasteiger partial charge is 0.418 e. The number of halogens is 3. The van der Waals surface area contributed by atoms with Crippen LogP contribution in [0.5, 0.6) is 0 Å². The van der Waals surface area contributed by atoms with Crippen LogP contribution in [0.25, 0.3) is 0 Å². The van der Waals surface area contributed by atoms with E-state index in [1.54, 1.807) is 33.8 Å². The molecule has 1 amide bonds. The van der Waals surface area contributed by atoms with Gasteiger partial charge in [0.1, 0.15) is 12.3 Å². The molecular weight excluding hydrogens is 544 g/mol. The third-order valence-electron chi connectivity index (χ3n) is 5.97. The van der Waals surface area contributed by atoms with E-state index >= 15 is 4.39 Å². The molecule has 0 aromatic carbocycles. The molecule has 1 fully saturated rings. The molecular formula is C23H34BrF2N3O3SSi. The van der Waals surface area contributed by atoms with Crippen molar-refractivity contribution >= 4 is 47.0 Å². The summed E-state index contributed by atoms with van der Waals surface area (Å²) in [6.45, 7) is 14.0. The van der Waals surface area contributed by atoms with Gasteiger partial charge in [0.2, 0.25) is 5.95 Å². The number of amidine groups is 1. The Morgan fingerprint density at radius 3 is 2.62 bits per heavy atom. The van der Waals surface area contributed by atoms with Crippen LogP contribution in [-0.4, -0.2) is 53.2 Å². The maximum absolute atomic E-state index is 16.0. The lowest BCUT2D eigenvalue weighted by Gasteiger charge is -2.53. The van der Waals surface area contributed by atoms with E-state index in [0.717, 1.165) is 17.8 Å². The number of alkyl halides is 1. The molecule has 3 rings (SSSR count). The second kappa shape index (κ2) is 9.78. The number of carbonyl (C=O) groups is 1. The monoisotopic (exact) mass is 577 g/mol. The fraction of sp³-hybridized carbons (Fsp3) is 0.696. The van der Waals surface area contributed by atoms with Crippen LogP contribution in [0, 0.1) is 11.9 Å². The average Bonchev–Trinajstić information content (AvgIpc) is 2.65. The molecule has 1 aromatic heterocycles. The van der Waals surface area contributed by atoms with Crippen molar-refractivity contribution in [2.24, 2.45) is 10.9 Å². The van der Waals surface area contributed by atoms with Gasteiger partial charge in [-0.1, -0.05) is 19.6 Å². The van der Waals surface area contributed by atoms with Crippen LogP contribution >= 0.6 is 27.7 Å². The van der Waals surface area contributed by atoms with Gasteiger partial charge in [-0.3, -0.25) is 4.99 Å². The van der Waals surface area contributed by atoms with E-state index < -0.39 is 42.2 Å². The number of carbonyl (C=O) groups excluding carboxylic acids is 1. The fourth-order valence-electron chi connectivity index (χ4n) is 3.97. The topological polar surface area (TPSA) is 64.0 Å². The van der Waals surface area contributed by atoms with E-state index in [-0.39, 0.29) is 17.5 Å². The zero-order chi connectivity index (χ0) is 25.5. The van der Waals surface area contributed by atoms with Gasteiger partial charge >= 0.3 is 6.09 Å². The van der Waals surface area contributed by atoms with Crippen molar-refractivity contribution in [3.63, 3.8) is 0 Å². The van der Waals surface area contributed by atoms with E-state index in [1.165, 1.54) is 11.1 Å². The van der Waals surface area contributed by atoms with Gasteiger partial charge in [-0.25, -0.2) is 19.1 Å². The lowest BCUT2D eigenvalue weighted by molar-refractivity contribution is 0.00434. The largest absolute Gasteiger partial charge is 0.443 e. The van der Waals surface area contributed by atoms with Crippen molar-refractivity contribution in [1.82, 2.24) is 9.88 Å². The zero-order valence-corrected chi connectivity index (χ0v) is 24.3. The van der Waals surface area contributed by atoms with Crippen LogP contribution in [0.2, 0.25) is 25.7 Å². The summed E-state index contributed by atoms with van der Waals surface area (Å²) in [6, 6.07) is 2.50. The molecule has 0 unspecified atom stereocenters. The summed E-state index contributed by atoms with van der Waals surface area (Å²) >= 11 is 4.23. The fourth-order valence-corrected chi connectivity index (χ4v) is 6.54. The molecule has 1 saturated carbocycles. The molecule has 0 spiro atoms. The highest BCUT2D eigenvalue weighted by atomic mass is 79.9. The van der Waals surface area contributed by atoms with Crippen LogP contribution in [0.15, 0.2) is 21.7 Å². The highest BCUT2D eigenvalue weighted by Gasteiger charge is 2.62. The van der Waals surface area contributed by atoms with E-state index in [4.69, 9.17) is 14.5 Å². The van der Waals surface area contributed by atoms with Crippen LogP contribution in [0.1, 0.15) is 46.1 Å². The molecule has 0 saturated heterocycles. The summed E-state index contributed by atoms with van der Waals surface area (Å²) < 4.78 is 42.9. The van der Waals surface area contributed by atoms with E-state index in [2.05, 4.69) is 40.6 Å². The number of rotatable bonds is 6. The van der Waals surface area contributed by atoms with Crippen molar-refractivity contribution < 1.29 is 23.0 Å². The summed E-state index contributed by atoms with van der Waals surface area (Å²) in [5.41, 5.74) is -1.81. The Kier molecular flexibility index (Phi) is 7.92. The highest BCUT2D eigenvalue weighted by molar-refractivity contribution is 9.10. The highest BCUT2D eigenvalue weighted by Crippen LogP contribution is 2.62. The molecule has 0 radical (unpaired) electrons. The summed E-state index contributed by atoms with van der Waals surface area (Å²) in [4.78, 5) is 23.0. The zero-order valence-electron chi connectivity index (χ0n) is 20.9. The SMILES string of the molecule is CC(C)(C)OC(=O)N(COCC[Si](C)(C)C)C1=N[C@](C)(c2cc(Br)cnc2F)[C@@H]2CC[C@]2(F)S1. The second-order valence-corrected chi connectivity index (χ2v) is 19.1. The lowest BCUT2D eigenvalue weighted by atomic mass is 9.67. The summed E-state index contributed by atoms with van der Waals surface area (Å²) in [5.74, 6) is -1.25. The van der Waals surface area contributed by atoms with Crippen molar-refractivity contribution in [2.45, 2.75) is 82.4 Å². The number of fused-ring (bicyclic) bond motifs is 1. The van der Waals surface area contributed by atoms with Gasteiger partial charge in [0, 0.05) is 36.8 Å². The molecule has 190 valence electrons. The van der Waals surface area contributed by atoms with Gasteiger partial charge < -0.3 is 9.47 Å². The maximum Gasteiger partial charge on any atom is 0.418 e. The summed E-state index contributed by atoms with van der Waals surface area (Å²) in [5, 5.41) is -1.55. The number of pyridine rings is 1. The first-order valence-electron chi connectivity index (χ1n) is 11.4. The van der Waals surface area contributed by atoms with Gasteiger partial charge in [-0.15, -0.1) is 0 Å². The quantitative estimate of drug-likeness (QED) is 0.159.